The van der Waals surface area contributed by atoms with Gasteiger partial charge in [0.2, 0.25) is 11.8 Å². The van der Waals surface area contributed by atoms with Crippen molar-refractivity contribution in [3.05, 3.63) is 94.4 Å². The van der Waals surface area contributed by atoms with E-state index in [1.807, 2.05) is 68.4 Å². The maximum absolute atomic E-state index is 13.4. The topological polar surface area (TPSA) is 147 Å². The summed E-state index contributed by atoms with van der Waals surface area (Å²) in [5, 5.41) is 19.9. The highest BCUT2D eigenvalue weighted by atomic mass is 79.9. The van der Waals surface area contributed by atoms with Crippen LogP contribution in [0, 0.1) is 5.92 Å². The van der Waals surface area contributed by atoms with Crippen LogP contribution in [0.2, 0.25) is 0 Å². The number of aliphatic hydroxyl groups is 1. The minimum atomic E-state index is -1.06. The van der Waals surface area contributed by atoms with Crippen molar-refractivity contribution in [2.24, 2.45) is 11.7 Å². The van der Waals surface area contributed by atoms with Crippen LogP contribution in [0.4, 0.5) is 0 Å². The van der Waals surface area contributed by atoms with Gasteiger partial charge in [0.05, 0.1) is 30.0 Å². The second kappa shape index (κ2) is 14.6. The molecule has 0 aliphatic heterocycles. The van der Waals surface area contributed by atoms with Crippen LogP contribution >= 0.6 is 15.9 Å². The van der Waals surface area contributed by atoms with Crippen molar-refractivity contribution in [1.29, 1.82) is 0 Å². The van der Waals surface area contributed by atoms with E-state index in [9.17, 15) is 19.5 Å². The van der Waals surface area contributed by atoms with Gasteiger partial charge in [-0.25, -0.2) is 0 Å². The van der Waals surface area contributed by atoms with Gasteiger partial charge in [-0.05, 0) is 48.1 Å². The number of halogens is 1. The summed E-state index contributed by atoms with van der Waals surface area (Å²) < 4.78 is 5.89. The number of nitrogens with one attached hydrogen (secondary N) is 3. The molecule has 0 spiro atoms. The highest BCUT2D eigenvalue weighted by molar-refractivity contribution is 9.10. The van der Waals surface area contributed by atoms with Crippen LogP contribution in [0.5, 0.6) is 0 Å². The lowest BCUT2D eigenvalue weighted by Crippen LogP contribution is -2.57. The molecule has 208 valence electrons. The summed E-state index contributed by atoms with van der Waals surface area (Å²) >= 11 is 3.39. The van der Waals surface area contributed by atoms with Crippen molar-refractivity contribution in [2.75, 3.05) is 6.54 Å². The van der Waals surface area contributed by atoms with Gasteiger partial charge >= 0.3 is 0 Å². The monoisotopic (exact) mass is 598 g/mol. The van der Waals surface area contributed by atoms with Crippen LogP contribution < -0.4 is 21.7 Å². The molecule has 39 heavy (non-hydrogen) atoms. The van der Waals surface area contributed by atoms with Gasteiger partial charge in [-0.3, -0.25) is 14.4 Å². The van der Waals surface area contributed by atoms with E-state index in [-0.39, 0.29) is 12.5 Å². The van der Waals surface area contributed by atoms with Crippen LogP contribution in [-0.2, 0) is 22.4 Å². The predicted octanol–water partition coefficient (Wildman–Crippen LogP) is 2.57. The van der Waals surface area contributed by atoms with Gasteiger partial charge in [0.15, 0.2) is 0 Å². The third kappa shape index (κ3) is 9.35. The molecule has 0 aliphatic carbocycles. The molecule has 1 aromatic heterocycles. The number of aliphatic hydroxyl groups excluding tert-OH is 1. The van der Waals surface area contributed by atoms with Gasteiger partial charge in [-0.1, -0.05) is 72.2 Å². The molecule has 3 amide bonds. The van der Waals surface area contributed by atoms with Crippen molar-refractivity contribution in [3.8, 4) is 0 Å². The van der Waals surface area contributed by atoms with Crippen molar-refractivity contribution in [1.82, 2.24) is 16.0 Å². The zero-order chi connectivity index (χ0) is 28.4. The number of nitrogens with two attached hydrogens (primary N) is 1. The van der Waals surface area contributed by atoms with E-state index >= 15 is 0 Å². The molecule has 0 bridgehead atoms. The Morgan fingerprint density at radius 1 is 0.949 bits per heavy atom. The summed E-state index contributed by atoms with van der Waals surface area (Å²) in [4.78, 5) is 38.1. The number of rotatable bonds is 14. The van der Waals surface area contributed by atoms with Gasteiger partial charge in [0.1, 0.15) is 12.3 Å². The summed E-state index contributed by atoms with van der Waals surface area (Å²) in [6.45, 7) is 3.66. The lowest BCUT2D eigenvalue weighted by atomic mass is 9.98. The average molecular weight is 600 g/mol. The SMILES string of the molecule is CC(C)[C@H](NC(=O)c1ccoc1)C(=O)N[C@@H](Cc1ccccc1)[C@@H](O)CN[C@@H](Cc1ccc(Br)cc1)C(N)=O. The Bertz CT molecular complexity index is 1200. The summed E-state index contributed by atoms with van der Waals surface area (Å²) in [6.07, 6.45) is 2.32. The van der Waals surface area contributed by atoms with Crippen LogP contribution in [0.25, 0.3) is 0 Å². The van der Waals surface area contributed by atoms with Crippen LogP contribution in [0.3, 0.4) is 0 Å². The molecule has 0 unspecified atom stereocenters. The fourth-order valence-electron chi connectivity index (χ4n) is 4.11. The van der Waals surface area contributed by atoms with E-state index in [2.05, 4.69) is 31.9 Å². The van der Waals surface area contributed by atoms with Crippen molar-refractivity contribution < 1.29 is 23.9 Å². The molecule has 0 fully saturated rings. The van der Waals surface area contributed by atoms with Crippen molar-refractivity contribution in [2.45, 2.75) is 50.9 Å². The molecule has 0 radical (unpaired) electrons. The molecule has 0 saturated heterocycles. The third-order valence-corrected chi connectivity index (χ3v) is 6.91. The van der Waals surface area contributed by atoms with E-state index in [4.69, 9.17) is 10.2 Å². The second-order valence-electron chi connectivity index (χ2n) is 9.77. The summed E-state index contributed by atoms with van der Waals surface area (Å²) in [5.41, 5.74) is 7.76. The van der Waals surface area contributed by atoms with Gasteiger partial charge in [0, 0.05) is 11.0 Å². The number of benzene rings is 2. The first-order chi connectivity index (χ1) is 18.6. The zero-order valence-electron chi connectivity index (χ0n) is 22.0. The first-order valence-electron chi connectivity index (χ1n) is 12.8. The Labute approximate surface area is 236 Å². The fraction of sp³-hybridized carbons (Fsp3) is 0.345. The minimum absolute atomic E-state index is 0.00956. The number of carbonyl (C=O) groups is 3. The zero-order valence-corrected chi connectivity index (χ0v) is 23.6. The average Bonchev–Trinajstić information content (AvgIpc) is 3.45. The van der Waals surface area contributed by atoms with E-state index in [0.717, 1.165) is 15.6 Å². The second-order valence-corrected chi connectivity index (χ2v) is 10.7. The maximum Gasteiger partial charge on any atom is 0.255 e. The van der Waals surface area contributed by atoms with Gasteiger partial charge in [-0.15, -0.1) is 0 Å². The standard InChI is InChI=1S/C29H35BrN4O5/c1-18(2)26(34-28(37)21-12-13-39-17-21)29(38)33-23(14-19-6-4-3-5-7-19)25(35)16-32-24(27(31)36)15-20-8-10-22(30)11-9-20/h3-13,17-18,23-26,32,35H,14-16H2,1-2H3,(H2,31,36)(H,33,38)(H,34,37)/t23-,24-,25-,26-/m0/s1. The number of carbonyl (C=O) groups excluding carboxylic acids is 3. The lowest BCUT2D eigenvalue weighted by Gasteiger charge is -2.29. The molecule has 9 nitrogen and oxygen atoms in total. The molecule has 3 rings (SSSR count). The largest absolute Gasteiger partial charge is 0.472 e. The smallest absolute Gasteiger partial charge is 0.255 e. The molecule has 0 aliphatic rings. The molecular weight excluding hydrogens is 564 g/mol. The number of hydrogen-bond acceptors (Lipinski definition) is 6. The van der Waals surface area contributed by atoms with Gasteiger partial charge in [-0.2, -0.15) is 0 Å². The molecule has 6 N–H and O–H groups in total. The Morgan fingerprint density at radius 3 is 2.21 bits per heavy atom. The van der Waals surface area contributed by atoms with Gasteiger partial charge in [0.25, 0.3) is 5.91 Å². The van der Waals surface area contributed by atoms with Crippen molar-refractivity contribution >= 4 is 33.7 Å². The molecular formula is C29H35BrN4O5. The first-order valence-corrected chi connectivity index (χ1v) is 13.6. The van der Waals surface area contributed by atoms with E-state index < -0.39 is 42.0 Å². The Morgan fingerprint density at radius 2 is 1.62 bits per heavy atom. The van der Waals surface area contributed by atoms with Crippen LogP contribution in [0.15, 0.2) is 82.1 Å². The minimum Gasteiger partial charge on any atom is -0.472 e. The van der Waals surface area contributed by atoms with E-state index in [1.165, 1.54) is 18.6 Å². The highest BCUT2D eigenvalue weighted by Crippen LogP contribution is 2.13. The molecule has 2 aromatic carbocycles. The summed E-state index contributed by atoms with van der Waals surface area (Å²) in [6, 6.07) is 16.2. The van der Waals surface area contributed by atoms with Crippen LogP contribution in [-0.4, -0.2) is 53.6 Å². The maximum atomic E-state index is 13.4. The summed E-state index contributed by atoms with van der Waals surface area (Å²) in [7, 11) is 0. The number of hydrogen-bond donors (Lipinski definition) is 5. The quantitative estimate of drug-likeness (QED) is 0.193. The Kier molecular flexibility index (Phi) is 11.3. The summed E-state index contributed by atoms with van der Waals surface area (Å²) in [5.74, 6) is -1.63. The van der Waals surface area contributed by atoms with E-state index in [0.29, 0.717) is 18.4 Å². The molecule has 1 heterocycles. The van der Waals surface area contributed by atoms with Gasteiger partial charge < -0.3 is 31.2 Å². The third-order valence-electron chi connectivity index (χ3n) is 6.38. The highest BCUT2D eigenvalue weighted by Gasteiger charge is 2.30. The molecule has 4 atom stereocenters. The lowest BCUT2D eigenvalue weighted by molar-refractivity contribution is -0.125. The Hall–Kier alpha value is -3.47. The molecule has 10 heteroatoms. The number of primary amides is 1. The normalized spacial score (nSPS) is 14.3. The predicted molar refractivity (Wildman–Crippen MR) is 152 cm³/mol. The van der Waals surface area contributed by atoms with E-state index in [1.54, 1.807) is 0 Å². The molecule has 3 aromatic rings. The number of amides is 3. The first kappa shape index (κ1) is 30.1. The van der Waals surface area contributed by atoms with Crippen LogP contribution in [0.1, 0.15) is 35.3 Å². The molecule has 0 saturated carbocycles. The van der Waals surface area contributed by atoms with Crippen molar-refractivity contribution in [3.63, 3.8) is 0 Å². The fourth-order valence-corrected chi connectivity index (χ4v) is 4.38. The number of furan rings is 1. The Balaban J connectivity index is 1.71.